The number of aromatic nitrogens is 3. The van der Waals surface area contributed by atoms with Crippen LogP contribution >= 0.6 is 0 Å². The first-order valence-electron chi connectivity index (χ1n) is 8.17. The number of halogens is 1. The summed E-state index contributed by atoms with van der Waals surface area (Å²) in [6.45, 7) is 6.06. The Bertz CT molecular complexity index is 866. The van der Waals surface area contributed by atoms with Gasteiger partial charge in [-0.15, -0.1) is 10.2 Å². The van der Waals surface area contributed by atoms with Crippen LogP contribution in [-0.2, 0) is 27.9 Å². The molecule has 10 heteroatoms. The first-order chi connectivity index (χ1) is 12.3. The smallest absolute Gasteiger partial charge is 0.244 e. The average molecular weight is 383 g/mol. The Morgan fingerprint density at radius 2 is 2.00 bits per heavy atom. The van der Waals surface area contributed by atoms with Crippen molar-refractivity contribution in [3.63, 3.8) is 0 Å². The number of nitrogens with zero attached hydrogens (tertiary/aromatic N) is 3. The van der Waals surface area contributed by atoms with Crippen molar-refractivity contribution in [2.24, 2.45) is 5.92 Å². The number of hydrogen-bond acceptors (Lipinski definition) is 5. The summed E-state index contributed by atoms with van der Waals surface area (Å²) in [5.74, 6) is -1.19. The van der Waals surface area contributed by atoms with Crippen molar-refractivity contribution in [1.29, 1.82) is 0 Å². The standard InChI is InChI=1S/C16H22FN5O3S/c1-4-22-10-19-20-14(22)9-18-16(23)15(11(2)3)21-26(24,25)13-8-6-5-7-12(13)17/h5-8,10-11,15,21H,4,9H2,1-3H3,(H,18,23)/t15-/m1/s1. The SMILES string of the molecule is CCn1cnnc1CNC(=O)[C@H](NS(=O)(=O)c1ccccc1F)C(C)C. The van der Waals surface area contributed by atoms with Gasteiger partial charge in [-0.05, 0) is 25.0 Å². The third kappa shape index (κ3) is 4.64. The molecule has 0 aliphatic rings. The lowest BCUT2D eigenvalue weighted by Gasteiger charge is -2.21. The molecule has 8 nitrogen and oxygen atoms in total. The van der Waals surface area contributed by atoms with Crippen molar-refractivity contribution in [3.05, 3.63) is 42.2 Å². The number of sulfonamides is 1. The van der Waals surface area contributed by atoms with E-state index < -0.39 is 32.7 Å². The number of nitrogens with one attached hydrogen (secondary N) is 2. The third-order valence-corrected chi connectivity index (χ3v) is 5.29. The van der Waals surface area contributed by atoms with E-state index in [2.05, 4.69) is 20.2 Å². The lowest BCUT2D eigenvalue weighted by atomic mass is 10.1. The molecule has 0 unspecified atom stereocenters. The fourth-order valence-corrected chi connectivity index (χ4v) is 3.76. The Labute approximate surface area is 151 Å². The van der Waals surface area contributed by atoms with Gasteiger partial charge in [-0.2, -0.15) is 4.72 Å². The zero-order valence-corrected chi connectivity index (χ0v) is 15.6. The summed E-state index contributed by atoms with van der Waals surface area (Å²) in [6.07, 6.45) is 1.54. The molecule has 1 amide bonds. The van der Waals surface area contributed by atoms with Crippen LogP contribution in [0.15, 0.2) is 35.5 Å². The van der Waals surface area contributed by atoms with Gasteiger partial charge in [0.15, 0.2) is 5.82 Å². The minimum atomic E-state index is -4.18. The van der Waals surface area contributed by atoms with Gasteiger partial charge >= 0.3 is 0 Å². The molecule has 1 atom stereocenters. The van der Waals surface area contributed by atoms with Crippen molar-refractivity contribution >= 4 is 15.9 Å². The second-order valence-electron chi connectivity index (χ2n) is 6.02. The largest absolute Gasteiger partial charge is 0.347 e. The van der Waals surface area contributed by atoms with E-state index in [9.17, 15) is 17.6 Å². The summed E-state index contributed by atoms with van der Waals surface area (Å²) < 4.78 is 42.8. The number of aryl methyl sites for hydroxylation is 1. The molecular weight excluding hydrogens is 361 g/mol. The summed E-state index contributed by atoms with van der Waals surface area (Å²) in [4.78, 5) is 12.0. The van der Waals surface area contributed by atoms with Crippen LogP contribution in [0.4, 0.5) is 4.39 Å². The lowest BCUT2D eigenvalue weighted by Crippen LogP contribution is -2.49. The van der Waals surface area contributed by atoms with Gasteiger partial charge in [0.1, 0.15) is 23.1 Å². The van der Waals surface area contributed by atoms with Gasteiger partial charge in [0, 0.05) is 6.54 Å². The molecule has 1 aromatic carbocycles. The average Bonchev–Trinajstić information content (AvgIpc) is 3.05. The van der Waals surface area contributed by atoms with E-state index in [1.165, 1.54) is 12.1 Å². The summed E-state index contributed by atoms with van der Waals surface area (Å²) in [5, 5.41) is 10.3. The molecule has 1 heterocycles. The van der Waals surface area contributed by atoms with E-state index in [1.807, 2.05) is 6.92 Å². The second-order valence-corrected chi connectivity index (χ2v) is 7.71. The molecule has 142 valence electrons. The number of benzene rings is 1. The summed E-state index contributed by atoms with van der Waals surface area (Å²) in [5.41, 5.74) is 0. The monoisotopic (exact) mass is 383 g/mol. The van der Waals surface area contributed by atoms with Crippen molar-refractivity contribution in [2.75, 3.05) is 0 Å². The minimum absolute atomic E-state index is 0.108. The lowest BCUT2D eigenvalue weighted by molar-refractivity contribution is -0.123. The van der Waals surface area contributed by atoms with Crippen LogP contribution in [0, 0.1) is 11.7 Å². The first-order valence-corrected chi connectivity index (χ1v) is 9.65. The van der Waals surface area contributed by atoms with Crippen LogP contribution in [0.25, 0.3) is 0 Å². The van der Waals surface area contributed by atoms with Crippen LogP contribution in [0.5, 0.6) is 0 Å². The molecule has 2 N–H and O–H groups in total. The van der Waals surface area contributed by atoms with Gasteiger partial charge in [-0.3, -0.25) is 4.79 Å². The molecule has 0 radical (unpaired) electrons. The summed E-state index contributed by atoms with van der Waals surface area (Å²) in [6, 6.07) is 3.95. The fourth-order valence-electron chi connectivity index (χ4n) is 2.34. The Balaban J connectivity index is 2.13. The van der Waals surface area contributed by atoms with Gasteiger partial charge in [-0.1, -0.05) is 26.0 Å². The highest BCUT2D eigenvalue weighted by molar-refractivity contribution is 7.89. The van der Waals surface area contributed by atoms with E-state index in [-0.39, 0.29) is 12.5 Å². The summed E-state index contributed by atoms with van der Waals surface area (Å²) in [7, 11) is -4.18. The number of carbonyl (C=O) groups excluding carboxylic acids is 1. The van der Waals surface area contributed by atoms with Crippen LogP contribution in [-0.4, -0.2) is 35.1 Å². The highest BCUT2D eigenvalue weighted by Gasteiger charge is 2.29. The number of hydrogen-bond donors (Lipinski definition) is 2. The normalized spacial score (nSPS) is 13.0. The Morgan fingerprint density at radius 3 is 2.62 bits per heavy atom. The highest BCUT2D eigenvalue weighted by atomic mass is 32.2. The maximum absolute atomic E-state index is 13.8. The number of carbonyl (C=O) groups is 1. The van der Waals surface area contributed by atoms with Gasteiger partial charge < -0.3 is 9.88 Å². The van der Waals surface area contributed by atoms with Crippen LogP contribution < -0.4 is 10.0 Å². The Morgan fingerprint density at radius 1 is 1.31 bits per heavy atom. The minimum Gasteiger partial charge on any atom is -0.347 e. The predicted molar refractivity (Wildman–Crippen MR) is 92.9 cm³/mol. The van der Waals surface area contributed by atoms with Crippen LogP contribution in [0.2, 0.25) is 0 Å². The van der Waals surface area contributed by atoms with Crippen molar-refractivity contribution < 1.29 is 17.6 Å². The van der Waals surface area contributed by atoms with Crippen LogP contribution in [0.3, 0.4) is 0 Å². The maximum atomic E-state index is 13.8. The molecule has 0 saturated carbocycles. The maximum Gasteiger partial charge on any atom is 0.244 e. The highest BCUT2D eigenvalue weighted by Crippen LogP contribution is 2.15. The molecule has 0 bridgehead atoms. The Kier molecular flexibility index (Phi) is 6.43. The zero-order valence-electron chi connectivity index (χ0n) is 14.8. The number of rotatable bonds is 8. The molecule has 2 aromatic rings. The molecule has 26 heavy (non-hydrogen) atoms. The quantitative estimate of drug-likeness (QED) is 0.709. The first kappa shape index (κ1) is 20.0. The van der Waals surface area contributed by atoms with E-state index in [1.54, 1.807) is 24.7 Å². The van der Waals surface area contributed by atoms with Crippen molar-refractivity contribution in [2.45, 2.75) is 44.8 Å². The van der Waals surface area contributed by atoms with E-state index in [4.69, 9.17) is 0 Å². The molecule has 2 rings (SSSR count). The van der Waals surface area contributed by atoms with Gasteiger partial charge in [0.2, 0.25) is 15.9 Å². The van der Waals surface area contributed by atoms with E-state index in [0.717, 1.165) is 12.1 Å². The second kappa shape index (κ2) is 8.37. The van der Waals surface area contributed by atoms with Crippen molar-refractivity contribution in [3.8, 4) is 0 Å². The van der Waals surface area contributed by atoms with Gasteiger partial charge in [0.25, 0.3) is 0 Å². The number of amides is 1. The van der Waals surface area contributed by atoms with Crippen molar-refractivity contribution in [1.82, 2.24) is 24.8 Å². The molecule has 0 aliphatic heterocycles. The molecular formula is C16H22FN5O3S. The van der Waals surface area contributed by atoms with Gasteiger partial charge in [-0.25, -0.2) is 12.8 Å². The van der Waals surface area contributed by atoms with E-state index >= 15 is 0 Å². The topological polar surface area (TPSA) is 106 Å². The zero-order chi connectivity index (χ0) is 19.3. The fraction of sp³-hybridized carbons (Fsp3) is 0.438. The Hall–Kier alpha value is -2.33. The molecule has 0 fully saturated rings. The third-order valence-electron chi connectivity index (χ3n) is 3.81. The molecule has 0 aliphatic carbocycles. The van der Waals surface area contributed by atoms with Gasteiger partial charge in [0.05, 0.1) is 6.54 Å². The molecule has 0 saturated heterocycles. The summed E-state index contributed by atoms with van der Waals surface area (Å²) >= 11 is 0. The predicted octanol–water partition coefficient (Wildman–Crippen LogP) is 1.06. The molecule has 0 spiro atoms. The molecule has 1 aromatic heterocycles. The van der Waals surface area contributed by atoms with E-state index in [0.29, 0.717) is 12.4 Å². The van der Waals surface area contributed by atoms with Crippen LogP contribution in [0.1, 0.15) is 26.6 Å².